The van der Waals surface area contributed by atoms with Crippen LogP contribution in [0.15, 0.2) is 70.2 Å². The average molecular weight is 379 g/mol. The van der Waals surface area contributed by atoms with E-state index < -0.39 is 10.8 Å². The standard InChI is InChI=1S/C20H17N3O5/c1-14-3-2-4-17(11-14)27-13-20(24)22-21-12-18-9-10-19(28-18)15-5-7-16(8-6-15)23(25)26/h2-12H,13H2,1H3,(H,22,24)/b21-12+. The first-order chi connectivity index (χ1) is 13.5. The summed E-state index contributed by atoms with van der Waals surface area (Å²) in [5, 5.41) is 14.5. The van der Waals surface area contributed by atoms with E-state index in [0.29, 0.717) is 22.8 Å². The summed E-state index contributed by atoms with van der Waals surface area (Å²) in [5.74, 6) is 1.16. The van der Waals surface area contributed by atoms with E-state index in [-0.39, 0.29) is 12.3 Å². The van der Waals surface area contributed by atoms with Crippen LogP contribution < -0.4 is 10.2 Å². The smallest absolute Gasteiger partial charge is 0.277 e. The molecular weight excluding hydrogens is 362 g/mol. The van der Waals surface area contributed by atoms with Crippen LogP contribution >= 0.6 is 0 Å². The third-order valence-electron chi connectivity index (χ3n) is 3.73. The highest BCUT2D eigenvalue weighted by atomic mass is 16.6. The maximum atomic E-state index is 11.8. The number of benzene rings is 2. The third kappa shape index (κ3) is 5.04. The highest BCUT2D eigenvalue weighted by molar-refractivity contribution is 5.81. The van der Waals surface area contributed by atoms with E-state index in [1.54, 1.807) is 30.3 Å². The van der Waals surface area contributed by atoms with Gasteiger partial charge in [-0.25, -0.2) is 5.43 Å². The van der Waals surface area contributed by atoms with Gasteiger partial charge in [-0.15, -0.1) is 0 Å². The summed E-state index contributed by atoms with van der Waals surface area (Å²) < 4.78 is 11.0. The van der Waals surface area contributed by atoms with E-state index in [1.807, 2.05) is 25.1 Å². The number of carbonyl (C=O) groups excluding carboxylic acids is 1. The van der Waals surface area contributed by atoms with Crippen LogP contribution in [-0.4, -0.2) is 23.7 Å². The molecule has 0 aliphatic rings. The summed E-state index contributed by atoms with van der Waals surface area (Å²) in [5.41, 5.74) is 4.10. The Morgan fingerprint density at radius 3 is 2.71 bits per heavy atom. The van der Waals surface area contributed by atoms with Crippen molar-refractivity contribution < 1.29 is 18.9 Å². The van der Waals surface area contributed by atoms with Crippen molar-refractivity contribution >= 4 is 17.8 Å². The van der Waals surface area contributed by atoms with E-state index in [1.165, 1.54) is 18.3 Å². The number of nitro benzene ring substituents is 1. The van der Waals surface area contributed by atoms with Gasteiger partial charge < -0.3 is 9.15 Å². The Kier molecular flexibility index (Phi) is 5.81. The molecule has 0 atom stereocenters. The normalized spacial score (nSPS) is 10.8. The number of hydrogen-bond acceptors (Lipinski definition) is 6. The minimum Gasteiger partial charge on any atom is -0.484 e. The molecular formula is C20H17N3O5. The predicted molar refractivity (Wildman–Crippen MR) is 103 cm³/mol. The Hall–Kier alpha value is -3.94. The summed E-state index contributed by atoms with van der Waals surface area (Å²) in [7, 11) is 0. The van der Waals surface area contributed by atoms with E-state index in [4.69, 9.17) is 9.15 Å². The molecule has 1 heterocycles. The summed E-state index contributed by atoms with van der Waals surface area (Å²) in [6.45, 7) is 1.78. The monoisotopic (exact) mass is 379 g/mol. The number of amides is 1. The molecule has 1 aromatic heterocycles. The number of ether oxygens (including phenoxy) is 1. The molecule has 2 aromatic carbocycles. The van der Waals surface area contributed by atoms with Gasteiger partial charge in [0.05, 0.1) is 11.1 Å². The SMILES string of the molecule is Cc1cccc(OCC(=O)N/N=C/c2ccc(-c3ccc([N+](=O)[O-])cc3)o2)c1. The average Bonchev–Trinajstić information content (AvgIpc) is 3.15. The van der Waals surface area contributed by atoms with Crippen molar-refractivity contribution in [2.24, 2.45) is 5.10 Å². The van der Waals surface area contributed by atoms with Crippen LogP contribution in [0.2, 0.25) is 0 Å². The van der Waals surface area contributed by atoms with Crippen LogP contribution in [0.1, 0.15) is 11.3 Å². The van der Waals surface area contributed by atoms with Crippen molar-refractivity contribution in [1.82, 2.24) is 5.43 Å². The van der Waals surface area contributed by atoms with Gasteiger partial charge in [-0.3, -0.25) is 14.9 Å². The zero-order valence-electron chi connectivity index (χ0n) is 15.0. The maximum absolute atomic E-state index is 11.8. The number of hydrazone groups is 1. The van der Waals surface area contributed by atoms with Gasteiger partial charge in [0.2, 0.25) is 0 Å². The second kappa shape index (κ2) is 8.63. The van der Waals surface area contributed by atoms with E-state index in [0.717, 1.165) is 5.56 Å². The lowest BCUT2D eigenvalue weighted by molar-refractivity contribution is -0.384. The lowest BCUT2D eigenvalue weighted by atomic mass is 10.1. The predicted octanol–water partition coefficient (Wildman–Crippen LogP) is 3.69. The first-order valence-corrected chi connectivity index (χ1v) is 8.37. The lowest BCUT2D eigenvalue weighted by Crippen LogP contribution is -2.24. The highest BCUT2D eigenvalue weighted by Crippen LogP contribution is 2.24. The molecule has 0 radical (unpaired) electrons. The topological polar surface area (TPSA) is 107 Å². The number of non-ortho nitro benzene ring substituents is 1. The molecule has 0 fully saturated rings. The maximum Gasteiger partial charge on any atom is 0.277 e. The second-order valence-electron chi connectivity index (χ2n) is 5.90. The Labute approximate surface area is 160 Å². The largest absolute Gasteiger partial charge is 0.484 e. The molecule has 3 rings (SSSR count). The summed E-state index contributed by atoms with van der Waals surface area (Å²) in [6.07, 6.45) is 1.36. The van der Waals surface area contributed by atoms with Gasteiger partial charge in [0, 0.05) is 17.7 Å². The number of nitro groups is 1. The Balaban J connectivity index is 1.52. The molecule has 0 bridgehead atoms. The molecule has 0 aliphatic carbocycles. The van der Waals surface area contributed by atoms with Crippen LogP contribution in [-0.2, 0) is 4.79 Å². The fourth-order valence-corrected chi connectivity index (χ4v) is 2.38. The Morgan fingerprint density at radius 2 is 2.00 bits per heavy atom. The summed E-state index contributed by atoms with van der Waals surface area (Å²) in [6, 6.07) is 16.8. The van der Waals surface area contributed by atoms with Crippen LogP contribution in [0.3, 0.4) is 0 Å². The number of nitrogens with zero attached hydrogens (tertiary/aromatic N) is 2. The zero-order chi connectivity index (χ0) is 19.9. The Bertz CT molecular complexity index is 1010. The van der Waals surface area contributed by atoms with Gasteiger partial charge in [-0.1, -0.05) is 12.1 Å². The molecule has 0 saturated heterocycles. The molecule has 1 amide bonds. The molecule has 0 aliphatic heterocycles. The third-order valence-corrected chi connectivity index (χ3v) is 3.73. The van der Waals surface area contributed by atoms with Gasteiger partial charge in [-0.05, 0) is 48.9 Å². The fraction of sp³-hybridized carbons (Fsp3) is 0.100. The van der Waals surface area contributed by atoms with Crippen molar-refractivity contribution in [2.75, 3.05) is 6.61 Å². The second-order valence-corrected chi connectivity index (χ2v) is 5.90. The molecule has 8 heteroatoms. The fourth-order valence-electron chi connectivity index (χ4n) is 2.38. The summed E-state index contributed by atoms with van der Waals surface area (Å²) >= 11 is 0. The number of nitrogens with one attached hydrogen (secondary N) is 1. The number of furan rings is 1. The molecule has 3 aromatic rings. The van der Waals surface area contributed by atoms with Gasteiger partial charge in [0.1, 0.15) is 17.3 Å². The molecule has 0 spiro atoms. The minimum absolute atomic E-state index is 0.00712. The zero-order valence-corrected chi connectivity index (χ0v) is 15.0. The van der Waals surface area contributed by atoms with Crippen LogP contribution in [0, 0.1) is 17.0 Å². The number of aryl methyl sites for hydroxylation is 1. The first-order valence-electron chi connectivity index (χ1n) is 8.37. The number of carbonyl (C=O) groups is 1. The van der Waals surface area contributed by atoms with Crippen molar-refractivity contribution in [1.29, 1.82) is 0 Å². The first kappa shape index (κ1) is 18.8. The van der Waals surface area contributed by atoms with Crippen LogP contribution in [0.4, 0.5) is 5.69 Å². The molecule has 142 valence electrons. The van der Waals surface area contributed by atoms with E-state index in [9.17, 15) is 14.9 Å². The molecule has 1 N–H and O–H groups in total. The molecule has 28 heavy (non-hydrogen) atoms. The van der Waals surface area contributed by atoms with E-state index >= 15 is 0 Å². The van der Waals surface area contributed by atoms with Crippen molar-refractivity contribution in [2.45, 2.75) is 6.92 Å². The van der Waals surface area contributed by atoms with Crippen LogP contribution in [0.25, 0.3) is 11.3 Å². The number of hydrogen-bond donors (Lipinski definition) is 1. The quantitative estimate of drug-likeness (QED) is 0.383. The van der Waals surface area contributed by atoms with Crippen molar-refractivity contribution in [3.05, 3.63) is 82.1 Å². The lowest BCUT2D eigenvalue weighted by Gasteiger charge is -2.05. The molecule has 0 unspecified atom stereocenters. The van der Waals surface area contributed by atoms with E-state index in [2.05, 4.69) is 10.5 Å². The molecule has 0 saturated carbocycles. The van der Waals surface area contributed by atoms with Gasteiger partial charge >= 0.3 is 0 Å². The van der Waals surface area contributed by atoms with Crippen LogP contribution in [0.5, 0.6) is 5.75 Å². The van der Waals surface area contributed by atoms with Gasteiger partial charge in [0.25, 0.3) is 11.6 Å². The summed E-state index contributed by atoms with van der Waals surface area (Å²) in [4.78, 5) is 22.0. The minimum atomic E-state index is -0.463. The number of rotatable bonds is 7. The van der Waals surface area contributed by atoms with Gasteiger partial charge in [0.15, 0.2) is 6.61 Å². The van der Waals surface area contributed by atoms with Crippen molar-refractivity contribution in [3.63, 3.8) is 0 Å². The highest BCUT2D eigenvalue weighted by Gasteiger charge is 2.08. The van der Waals surface area contributed by atoms with Gasteiger partial charge in [-0.2, -0.15) is 5.10 Å². The van der Waals surface area contributed by atoms with Crippen molar-refractivity contribution in [3.8, 4) is 17.1 Å². The molecule has 8 nitrogen and oxygen atoms in total. The Morgan fingerprint density at radius 1 is 1.21 bits per heavy atom.